The van der Waals surface area contributed by atoms with Gasteiger partial charge in [-0.15, -0.1) is 0 Å². The molecule has 24 heavy (non-hydrogen) atoms. The number of pyridine rings is 1. The lowest BCUT2D eigenvalue weighted by Gasteiger charge is -2.19. The van der Waals surface area contributed by atoms with Crippen molar-refractivity contribution in [1.29, 1.82) is 5.26 Å². The molecule has 0 saturated heterocycles. The zero-order valence-electron chi connectivity index (χ0n) is 13.9. The van der Waals surface area contributed by atoms with Crippen LogP contribution in [0.3, 0.4) is 0 Å². The summed E-state index contributed by atoms with van der Waals surface area (Å²) in [5.74, 6) is -0.842. The van der Waals surface area contributed by atoms with E-state index >= 15 is 0 Å². The van der Waals surface area contributed by atoms with Gasteiger partial charge in [-0.1, -0.05) is 18.2 Å². The lowest BCUT2D eigenvalue weighted by molar-refractivity contribution is -0.153. The number of esters is 1. The van der Waals surface area contributed by atoms with Crippen LogP contribution >= 0.6 is 0 Å². The van der Waals surface area contributed by atoms with Crippen molar-refractivity contribution < 1.29 is 14.3 Å². The molecule has 0 bridgehead atoms. The van der Waals surface area contributed by atoms with Crippen molar-refractivity contribution in [3.63, 3.8) is 0 Å². The molecule has 0 amide bonds. The lowest BCUT2D eigenvalue weighted by atomic mass is 10.0. The van der Waals surface area contributed by atoms with Crippen molar-refractivity contribution in [2.24, 2.45) is 0 Å². The van der Waals surface area contributed by atoms with Crippen molar-refractivity contribution in [2.45, 2.75) is 32.8 Å². The minimum atomic E-state index is -0.618. The number of hydrogen-bond donors (Lipinski definition) is 0. The fourth-order valence-electron chi connectivity index (χ4n) is 2.11. The molecule has 0 atom stereocenters. The Balaban J connectivity index is 2.16. The molecule has 1 heterocycles. The molecule has 0 aliphatic heterocycles. The first kappa shape index (κ1) is 17.4. The Morgan fingerprint density at radius 2 is 1.92 bits per heavy atom. The quantitative estimate of drug-likeness (QED) is 0.488. The molecular formula is C19H18N2O3. The summed E-state index contributed by atoms with van der Waals surface area (Å²) >= 11 is 0. The summed E-state index contributed by atoms with van der Waals surface area (Å²) in [5.41, 5.74) is 1.73. The first-order valence-corrected chi connectivity index (χ1v) is 7.50. The minimum Gasteiger partial charge on any atom is -0.460 e. The van der Waals surface area contributed by atoms with E-state index in [1.54, 1.807) is 57.3 Å². The number of nitrogens with zero attached hydrogens (tertiary/aromatic N) is 2. The first-order valence-electron chi connectivity index (χ1n) is 7.50. The Bertz CT molecular complexity index is 797. The number of rotatable bonds is 4. The van der Waals surface area contributed by atoms with Gasteiger partial charge in [0, 0.05) is 17.3 Å². The van der Waals surface area contributed by atoms with Gasteiger partial charge >= 0.3 is 5.97 Å². The molecule has 122 valence electrons. The number of Topliss-reactive ketones (excluding diaryl/α,β-unsaturated/α-hetero) is 1. The Kier molecular flexibility index (Phi) is 5.10. The van der Waals surface area contributed by atoms with E-state index in [1.165, 1.54) is 0 Å². The summed E-state index contributed by atoms with van der Waals surface area (Å²) < 4.78 is 5.17. The monoisotopic (exact) mass is 322 g/mol. The Hall–Kier alpha value is -3.00. The molecule has 0 unspecified atom stereocenters. The number of carbonyl (C=O) groups excluding carboxylic acids is 2. The van der Waals surface area contributed by atoms with E-state index in [-0.39, 0.29) is 12.2 Å². The third-order valence-corrected chi connectivity index (χ3v) is 3.12. The van der Waals surface area contributed by atoms with Crippen molar-refractivity contribution in [1.82, 2.24) is 4.98 Å². The minimum absolute atomic E-state index is 0.298. The number of ketones is 1. The van der Waals surface area contributed by atoms with Gasteiger partial charge in [0.15, 0.2) is 5.78 Å². The highest BCUT2D eigenvalue weighted by molar-refractivity contribution is 6.06. The topological polar surface area (TPSA) is 80.0 Å². The van der Waals surface area contributed by atoms with Crippen LogP contribution in [0.1, 0.15) is 43.2 Å². The van der Waals surface area contributed by atoms with Gasteiger partial charge in [-0.05, 0) is 44.5 Å². The van der Waals surface area contributed by atoms with E-state index in [0.717, 1.165) is 11.1 Å². The average Bonchev–Trinajstić information content (AvgIpc) is 2.53. The highest BCUT2D eigenvalue weighted by Crippen LogP contribution is 2.21. The van der Waals surface area contributed by atoms with E-state index in [4.69, 9.17) is 10.00 Å². The summed E-state index contributed by atoms with van der Waals surface area (Å²) in [4.78, 5) is 28.1. The molecule has 0 saturated carbocycles. The van der Waals surface area contributed by atoms with Gasteiger partial charge in [-0.2, -0.15) is 5.26 Å². The largest absolute Gasteiger partial charge is 0.460 e. The molecule has 2 rings (SSSR count). The Morgan fingerprint density at radius 1 is 1.17 bits per heavy atom. The van der Waals surface area contributed by atoms with Crippen LogP contribution in [-0.2, 0) is 9.53 Å². The second-order valence-electron chi connectivity index (χ2n) is 6.31. The summed E-state index contributed by atoms with van der Waals surface area (Å²) in [7, 11) is 0. The maximum atomic E-state index is 12.3. The number of benzene rings is 1. The van der Waals surface area contributed by atoms with Gasteiger partial charge in [0.25, 0.3) is 0 Å². The molecule has 0 fully saturated rings. The molecule has 0 radical (unpaired) electrons. The average molecular weight is 322 g/mol. The molecule has 0 N–H and O–H groups in total. The predicted molar refractivity (Wildman–Crippen MR) is 89.2 cm³/mol. The highest BCUT2D eigenvalue weighted by atomic mass is 16.6. The van der Waals surface area contributed by atoms with Gasteiger partial charge in [-0.3, -0.25) is 9.59 Å². The van der Waals surface area contributed by atoms with Crippen LogP contribution in [0, 0.1) is 11.3 Å². The molecule has 2 aromatic rings. The number of ether oxygens (including phenoxy) is 1. The van der Waals surface area contributed by atoms with Gasteiger partial charge in [0.1, 0.15) is 23.8 Å². The van der Waals surface area contributed by atoms with Crippen LogP contribution in [0.4, 0.5) is 0 Å². The summed E-state index contributed by atoms with van der Waals surface area (Å²) in [6.45, 7) is 5.27. The molecule has 5 nitrogen and oxygen atoms in total. The van der Waals surface area contributed by atoms with Crippen LogP contribution in [0.15, 0.2) is 42.6 Å². The van der Waals surface area contributed by atoms with Gasteiger partial charge in [0.05, 0.1) is 0 Å². The van der Waals surface area contributed by atoms with Crippen molar-refractivity contribution >= 4 is 11.8 Å². The third kappa shape index (κ3) is 4.75. The number of nitriles is 1. The summed E-state index contributed by atoms with van der Waals surface area (Å²) in [5, 5.41) is 8.78. The third-order valence-electron chi connectivity index (χ3n) is 3.12. The number of carbonyl (C=O) groups is 2. The number of aromatic nitrogens is 1. The van der Waals surface area contributed by atoms with Crippen LogP contribution in [-0.4, -0.2) is 22.3 Å². The van der Waals surface area contributed by atoms with Crippen LogP contribution < -0.4 is 0 Å². The number of hydrogen-bond acceptors (Lipinski definition) is 5. The summed E-state index contributed by atoms with van der Waals surface area (Å²) in [6.07, 6.45) is 1.28. The van der Waals surface area contributed by atoms with Crippen LogP contribution in [0.5, 0.6) is 0 Å². The van der Waals surface area contributed by atoms with Crippen molar-refractivity contribution in [3.05, 3.63) is 53.9 Å². The second kappa shape index (κ2) is 7.05. The molecule has 1 aromatic heterocycles. The molecule has 1 aromatic carbocycles. The maximum Gasteiger partial charge on any atom is 0.314 e. The standard InChI is InChI=1S/C19H18N2O3/c1-19(2,3)24-18(23)10-17(22)14-6-4-5-13(9-14)15-7-8-16(11-20)21-12-15/h4-9,12H,10H2,1-3H3. The van der Waals surface area contributed by atoms with E-state index in [1.807, 2.05) is 12.1 Å². The normalized spacial score (nSPS) is 10.8. The zero-order chi connectivity index (χ0) is 17.7. The molecule has 0 spiro atoms. The molecular weight excluding hydrogens is 304 g/mol. The zero-order valence-corrected chi connectivity index (χ0v) is 13.9. The molecule has 0 aliphatic carbocycles. The molecule has 0 aliphatic rings. The first-order chi connectivity index (χ1) is 11.3. The van der Waals surface area contributed by atoms with Gasteiger partial charge in [-0.25, -0.2) is 4.98 Å². The lowest BCUT2D eigenvalue weighted by Crippen LogP contribution is -2.25. The molecule has 5 heteroatoms. The van der Waals surface area contributed by atoms with Crippen molar-refractivity contribution in [2.75, 3.05) is 0 Å². The van der Waals surface area contributed by atoms with E-state index in [9.17, 15) is 9.59 Å². The van der Waals surface area contributed by atoms with E-state index in [2.05, 4.69) is 4.98 Å². The van der Waals surface area contributed by atoms with E-state index in [0.29, 0.717) is 11.3 Å². The second-order valence-corrected chi connectivity index (χ2v) is 6.31. The van der Waals surface area contributed by atoms with Gasteiger partial charge in [0.2, 0.25) is 0 Å². The fraction of sp³-hybridized carbons (Fsp3) is 0.263. The van der Waals surface area contributed by atoms with Gasteiger partial charge < -0.3 is 4.74 Å². The maximum absolute atomic E-state index is 12.3. The Labute approximate surface area is 140 Å². The van der Waals surface area contributed by atoms with Crippen molar-refractivity contribution in [3.8, 4) is 17.2 Å². The smallest absolute Gasteiger partial charge is 0.314 e. The highest BCUT2D eigenvalue weighted by Gasteiger charge is 2.19. The Morgan fingerprint density at radius 3 is 2.50 bits per heavy atom. The SMILES string of the molecule is CC(C)(C)OC(=O)CC(=O)c1cccc(-c2ccc(C#N)nc2)c1. The summed E-state index contributed by atoms with van der Waals surface area (Å²) in [6, 6.07) is 12.3. The fourth-order valence-corrected chi connectivity index (χ4v) is 2.11. The van der Waals surface area contributed by atoms with Crippen LogP contribution in [0.25, 0.3) is 11.1 Å². The predicted octanol–water partition coefficient (Wildman–Crippen LogP) is 3.53. The van der Waals surface area contributed by atoms with E-state index < -0.39 is 11.6 Å². The van der Waals surface area contributed by atoms with Crippen LogP contribution in [0.2, 0.25) is 0 Å².